The molecule has 0 aromatic heterocycles. The third-order valence-corrected chi connectivity index (χ3v) is 2.13. The molecule has 0 saturated carbocycles. The third-order valence-electron chi connectivity index (χ3n) is 2.13. The van der Waals surface area contributed by atoms with E-state index in [1.165, 1.54) is 12.1 Å². The highest BCUT2D eigenvalue weighted by Crippen LogP contribution is 2.24. The van der Waals surface area contributed by atoms with Gasteiger partial charge in [0.25, 0.3) is 0 Å². The Morgan fingerprint density at radius 2 is 2.08 bits per heavy atom. The van der Waals surface area contributed by atoms with Crippen LogP contribution in [-0.4, -0.2) is 24.3 Å². The molecule has 0 atom stereocenters. The van der Waals surface area contributed by atoms with Crippen LogP contribution in [0.1, 0.15) is 0 Å². The molecule has 0 bridgehead atoms. The first-order valence-corrected chi connectivity index (χ1v) is 4.14. The number of hydrogen-bond acceptors (Lipinski definition) is 3. The van der Waals surface area contributed by atoms with Crippen LogP contribution in [0.5, 0.6) is 0 Å². The number of nitrogens with two attached hydrogens (primary N) is 1. The lowest BCUT2D eigenvalue weighted by Gasteiger charge is -2.37. The summed E-state index contributed by atoms with van der Waals surface area (Å²) in [4.78, 5) is 1.88. The van der Waals surface area contributed by atoms with Crippen LogP contribution in [0.25, 0.3) is 0 Å². The lowest BCUT2D eigenvalue weighted by atomic mass is 10.1. The maximum atomic E-state index is 12.9. The molecule has 0 unspecified atom stereocenters. The second kappa shape index (κ2) is 2.88. The average Bonchev–Trinajstić information content (AvgIpc) is 1.96. The molecule has 3 nitrogen and oxygen atoms in total. The number of aliphatic hydroxyl groups is 1. The molecule has 1 aliphatic rings. The van der Waals surface area contributed by atoms with Crippen LogP contribution in [0, 0.1) is 5.82 Å². The van der Waals surface area contributed by atoms with Crippen LogP contribution in [0.2, 0.25) is 0 Å². The van der Waals surface area contributed by atoms with E-state index < -0.39 is 0 Å². The Hall–Kier alpha value is -1.29. The first-order valence-electron chi connectivity index (χ1n) is 4.14. The van der Waals surface area contributed by atoms with Gasteiger partial charge in [-0.1, -0.05) is 0 Å². The highest BCUT2D eigenvalue weighted by atomic mass is 19.1. The minimum atomic E-state index is -0.337. The van der Waals surface area contributed by atoms with Crippen LogP contribution >= 0.6 is 0 Å². The number of β-amino-alcohol motifs (C(OH)–C–C–N with tert-alkyl or cyclic N) is 1. The molecule has 1 aliphatic heterocycles. The summed E-state index contributed by atoms with van der Waals surface area (Å²) in [6, 6.07) is 4.40. The number of hydrogen-bond donors (Lipinski definition) is 2. The van der Waals surface area contributed by atoms with Gasteiger partial charge < -0.3 is 15.7 Å². The number of anilines is 2. The molecule has 0 aliphatic carbocycles. The first kappa shape index (κ1) is 8.31. The smallest absolute Gasteiger partial charge is 0.127 e. The van der Waals surface area contributed by atoms with Gasteiger partial charge >= 0.3 is 0 Å². The second-order valence-electron chi connectivity index (χ2n) is 3.30. The zero-order valence-electron chi connectivity index (χ0n) is 7.07. The quantitative estimate of drug-likeness (QED) is 0.625. The van der Waals surface area contributed by atoms with Crippen molar-refractivity contribution in [3.8, 4) is 0 Å². The van der Waals surface area contributed by atoms with Crippen molar-refractivity contribution in [2.24, 2.45) is 0 Å². The summed E-state index contributed by atoms with van der Waals surface area (Å²) in [5.41, 5.74) is 6.63. The van der Waals surface area contributed by atoms with E-state index in [1.54, 1.807) is 6.07 Å². The summed E-state index contributed by atoms with van der Waals surface area (Å²) in [7, 11) is 0. The highest BCUT2D eigenvalue weighted by Gasteiger charge is 2.24. The van der Waals surface area contributed by atoms with Gasteiger partial charge in [0.2, 0.25) is 0 Å². The highest BCUT2D eigenvalue weighted by molar-refractivity contribution is 5.57. The van der Waals surface area contributed by atoms with E-state index in [4.69, 9.17) is 10.8 Å². The van der Waals surface area contributed by atoms with Crippen molar-refractivity contribution in [2.75, 3.05) is 23.7 Å². The molecule has 0 amide bonds. The monoisotopic (exact) mass is 182 g/mol. The van der Waals surface area contributed by atoms with Gasteiger partial charge in [-0.15, -0.1) is 0 Å². The van der Waals surface area contributed by atoms with Crippen molar-refractivity contribution >= 4 is 11.4 Å². The van der Waals surface area contributed by atoms with Crippen LogP contribution in [0.3, 0.4) is 0 Å². The SMILES string of the molecule is Nc1cc(F)cc(N2CC(O)C2)c1. The van der Waals surface area contributed by atoms with Crippen molar-refractivity contribution in [3.63, 3.8) is 0 Å². The predicted molar refractivity (Wildman–Crippen MR) is 49.0 cm³/mol. The molecule has 3 N–H and O–H groups in total. The lowest BCUT2D eigenvalue weighted by molar-refractivity contribution is 0.142. The molecule has 1 fully saturated rings. The van der Waals surface area contributed by atoms with E-state index in [2.05, 4.69) is 0 Å². The lowest BCUT2D eigenvalue weighted by Crippen LogP contribution is -2.50. The van der Waals surface area contributed by atoms with Gasteiger partial charge in [-0.2, -0.15) is 0 Å². The molecular formula is C9H11FN2O. The normalized spacial score (nSPS) is 17.2. The van der Waals surface area contributed by atoms with E-state index in [1.807, 2.05) is 4.90 Å². The number of aliphatic hydroxyl groups excluding tert-OH is 1. The molecule has 4 heteroatoms. The molecule has 1 saturated heterocycles. The van der Waals surface area contributed by atoms with Crippen LogP contribution in [0.4, 0.5) is 15.8 Å². The van der Waals surface area contributed by atoms with Crippen LogP contribution in [0.15, 0.2) is 18.2 Å². The molecule has 0 spiro atoms. The molecule has 1 aromatic rings. The minimum Gasteiger partial charge on any atom is -0.399 e. The standard InChI is InChI=1S/C9H11FN2O/c10-6-1-7(11)3-8(2-6)12-4-9(13)5-12/h1-3,9,13H,4-5,11H2. The van der Waals surface area contributed by atoms with E-state index >= 15 is 0 Å². The van der Waals surface area contributed by atoms with Crippen molar-refractivity contribution in [1.82, 2.24) is 0 Å². The predicted octanol–water partition coefficient (Wildman–Crippen LogP) is 0.589. The van der Waals surface area contributed by atoms with E-state index in [-0.39, 0.29) is 11.9 Å². The number of nitrogens with zero attached hydrogens (tertiary/aromatic N) is 1. The Morgan fingerprint density at radius 3 is 2.62 bits per heavy atom. The molecular weight excluding hydrogens is 171 g/mol. The maximum absolute atomic E-state index is 12.9. The molecule has 2 rings (SSSR count). The molecule has 13 heavy (non-hydrogen) atoms. The summed E-state index contributed by atoms with van der Waals surface area (Å²) >= 11 is 0. The molecule has 0 radical (unpaired) electrons. The average molecular weight is 182 g/mol. The van der Waals surface area contributed by atoms with Gasteiger partial charge in [0, 0.05) is 24.5 Å². The van der Waals surface area contributed by atoms with Gasteiger partial charge in [0.15, 0.2) is 0 Å². The summed E-state index contributed by atoms with van der Waals surface area (Å²) in [6.45, 7) is 1.12. The minimum absolute atomic E-state index is 0.288. The van der Waals surface area contributed by atoms with E-state index in [9.17, 15) is 4.39 Å². The van der Waals surface area contributed by atoms with Crippen molar-refractivity contribution < 1.29 is 9.50 Å². The Morgan fingerprint density at radius 1 is 1.38 bits per heavy atom. The molecule has 1 aromatic carbocycles. The van der Waals surface area contributed by atoms with Crippen LogP contribution < -0.4 is 10.6 Å². The number of nitrogen functional groups attached to an aromatic ring is 1. The van der Waals surface area contributed by atoms with Crippen molar-refractivity contribution in [3.05, 3.63) is 24.0 Å². The Labute approximate surface area is 75.6 Å². The largest absolute Gasteiger partial charge is 0.399 e. The number of halogens is 1. The van der Waals surface area contributed by atoms with E-state index in [0.717, 1.165) is 5.69 Å². The van der Waals surface area contributed by atoms with Gasteiger partial charge in [0.1, 0.15) is 5.82 Å². The fourth-order valence-electron chi connectivity index (χ4n) is 1.44. The third kappa shape index (κ3) is 1.58. The zero-order chi connectivity index (χ0) is 9.42. The number of rotatable bonds is 1. The Bertz CT molecular complexity index is 303. The number of benzene rings is 1. The summed E-state index contributed by atoms with van der Waals surface area (Å²) < 4.78 is 12.9. The summed E-state index contributed by atoms with van der Waals surface area (Å²) in [5, 5.41) is 9.05. The van der Waals surface area contributed by atoms with Gasteiger partial charge in [-0.05, 0) is 18.2 Å². The molecule has 1 heterocycles. The van der Waals surface area contributed by atoms with Gasteiger partial charge in [0.05, 0.1) is 6.10 Å². The van der Waals surface area contributed by atoms with Crippen molar-refractivity contribution in [2.45, 2.75) is 6.10 Å². The van der Waals surface area contributed by atoms with Crippen LogP contribution in [-0.2, 0) is 0 Å². The summed E-state index contributed by atoms with van der Waals surface area (Å²) in [6.07, 6.45) is -0.288. The topological polar surface area (TPSA) is 49.5 Å². The second-order valence-corrected chi connectivity index (χ2v) is 3.30. The maximum Gasteiger partial charge on any atom is 0.127 e. The van der Waals surface area contributed by atoms with Gasteiger partial charge in [-0.3, -0.25) is 0 Å². The Balaban J connectivity index is 2.21. The fourth-order valence-corrected chi connectivity index (χ4v) is 1.44. The molecule has 70 valence electrons. The fraction of sp³-hybridized carbons (Fsp3) is 0.333. The van der Waals surface area contributed by atoms with Gasteiger partial charge in [-0.25, -0.2) is 4.39 Å². The summed E-state index contributed by atoms with van der Waals surface area (Å²) in [5.74, 6) is -0.337. The van der Waals surface area contributed by atoms with E-state index in [0.29, 0.717) is 18.8 Å². The zero-order valence-corrected chi connectivity index (χ0v) is 7.07. The Kier molecular flexibility index (Phi) is 1.84. The van der Waals surface area contributed by atoms with Crippen molar-refractivity contribution in [1.29, 1.82) is 0 Å². The first-order chi connectivity index (χ1) is 6.15.